The molecule has 0 nitrogen and oxygen atoms in total. The van der Waals surface area contributed by atoms with Gasteiger partial charge < -0.3 is 0 Å². The van der Waals surface area contributed by atoms with E-state index in [1.54, 1.807) is 0 Å². The lowest BCUT2D eigenvalue weighted by Gasteiger charge is -2.17. The fourth-order valence-electron chi connectivity index (χ4n) is 5.28. The summed E-state index contributed by atoms with van der Waals surface area (Å²) in [6, 6.07) is 35.9. The van der Waals surface area contributed by atoms with Gasteiger partial charge in [0.15, 0.2) is 0 Å². The molecule has 6 aromatic rings. The standard InChI is InChI=1S/C32H25P/c1-20-18-21(2)31(22(3)19-20)33-32(26-8-5-4-6-9-26)28-17-15-25-13-12-23-10-7-11-24-14-16-27(28)30(25)29(23)24/h4-19H,1-3H3. The van der Waals surface area contributed by atoms with Crippen molar-refractivity contribution >= 4 is 51.1 Å². The minimum atomic E-state index is 1.25. The molecule has 0 spiro atoms. The first-order valence-corrected chi connectivity index (χ1v) is 12.4. The Labute approximate surface area is 196 Å². The van der Waals surface area contributed by atoms with Crippen molar-refractivity contribution in [3.05, 3.63) is 125 Å². The Bertz CT molecular complexity index is 1630. The number of benzene rings is 6. The Kier molecular flexibility index (Phi) is 4.79. The predicted octanol–water partition coefficient (Wildman–Crippen LogP) is 8.35. The van der Waals surface area contributed by atoms with Crippen molar-refractivity contribution in [3.63, 3.8) is 0 Å². The van der Waals surface area contributed by atoms with Crippen molar-refractivity contribution in [1.29, 1.82) is 0 Å². The molecule has 0 unspecified atom stereocenters. The van der Waals surface area contributed by atoms with Crippen molar-refractivity contribution in [3.8, 4) is 0 Å². The van der Waals surface area contributed by atoms with Crippen LogP contribution >= 0.6 is 8.20 Å². The molecule has 0 N–H and O–H groups in total. The van der Waals surface area contributed by atoms with E-state index in [0.717, 1.165) is 0 Å². The molecule has 158 valence electrons. The molecule has 0 aliphatic rings. The molecule has 6 rings (SSSR count). The summed E-state index contributed by atoms with van der Waals surface area (Å²) >= 11 is 0. The zero-order valence-electron chi connectivity index (χ0n) is 19.2. The van der Waals surface area contributed by atoms with E-state index in [2.05, 4.69) is 118 Å². The van der Waals surface area contributed by atoms with Crippen molar-refractivity contribution < 1.29 is 0 Å². The molecule has 6 aromatic carbocycles. The maximum Gasteiger partial charge on any atom is 0.0175 e. The van der Waals surface area contributed by atoms with Gasteiger partial charge >= 0.3 is 0 Å². The van der Waals surface area contributed by atoms with Gasteiger partial charge in [0.2, 0.25) is 0 Å². The normalized spacial score (nSPS) is 12.3. The summed E-state index contributed by atoms with van der Waals surface area (Å²) in [5.74, 6) is 0. The van der Waals surface area contributed by atoms with Crippen molar-refractivity contribution in [2.45, 2.75) is 20.8 Å². The second-order valence-corrected chi connectivity index (χ2v) is 10.2. The van der Waals surface area contributed by atoms with Gasteiger partial charge in [0.1, 0.15) is 0 Å². The second-order valence-electron chi connectivity index (χ2n) is 9.04. The monoisotopic (exact) mass is 440 g/mol. The zero-order valence-corrected chi connectivity index (χ0v) is 20.1. The lowest BCUT2D eigenvalue weighted by molar-refractivity contribution is 1.36. The summed E-state index contributed by atoms with van der Waals surface area (Å²) in [5.41, 5.74) is 6.66. The van der Waals surface area contributed by atoms with Crippen molar-refractivity contribution in [2.24, 2.45) is 0 Å². The maximum absolute atomic E-state index is 2.33. The molecule has 0 aliphatic carbocycles. The van der Waals surface area contributed by atoms with Crippen LogP contribution < -0.4 is 5.30 Å². The van der Waals surface area contributed by atoms with E-state index in [9.17, 15) is 0 Å². The summed E-state index contributed by atoms with van der Waals surface area (Å²) < 4.78 is 0. The summed E-state index contributed by atoms with van der Waals surface area (Å²) in [6.07, 6.45) is 0. The van der Waals surface area contributed by atoms with Crippen LogP contribution in [0.5, 0.6) is 0 Å². The summed E-state index contributed by atoms with van der Waals surface area (Å²) in [4.78, 5) is 0. The Morgan fingerprint density at radius 1 is 0.576 bits per heavy atom. The van der Waals surface area contributed by atoms with Crippen molar-refractivity contribution in [2.75, 3.05) is 0 Å². The molecule has 1 heteroatoms. The molecule has 0 atom stereocenters. The molecule has 33 heavy (non-hydrogen) atoms. The third kappa shape index (κ3) is 3.34. The van der Waals surface area contributed by atoms with E-state index in [1.165, 1.54) is 78.9 Å². The maximum atomic E-state index is 2.33. The summed E-state index contributed by atoms with van der Waals surface area (Å²) in [6.45, 7) is 6.67. The minimum Gasteiger partial charge on any atom is -0.0622 e. The van der Waals surface area contributed by atoms with E-state index in [4.69, 9.17) is 0 Å². The first-order chi connectivity index (χ1) is 16.1. The highest BCUT2D eigenvalue weighted by Crippen LogP contribution is 2.37. The van der Waals surface area contributed by atoms with E-state index < -0.39 is 0 Å². The highest BCUT2D eigenvalue weighted by molar-refractivity contribution is 7.50. The average Bonchev–Trinajstić information content (AvgIpc) is 2.83. The van der Waals surface area contributed by atoms with Crippen LogP contribution in [0.4, 0.5) is 0 Å². The van der Waals surface area contributed by atoms with Crippen LogP contribution in [0.25, 0.3) is 32.3 Å². The lowest BCUT2D eigenvalue weighted by atomic mass is 9.90. The fourth-order valence-corrected chi connectivity index (χ4v) is 6.58. The molecule has 0 radical (unpaired) electrons. The van der Waals surface area contributed by atoms with Gasteiger partial charge in [-0.2, -0.15) is 0 Å². The second kappa shape index (κ2) is 7.84. The van der Waals surface area contributed by atoms with Gasteiger partial charge in [0.05, 0.1) is 0 Å². The Morgan fingerprint density at radius 2 is 1.18 bits per heavy atom. The van der Waals surface area contributed by atoms with Gasteiger partial charge in [-0.1, -0.05) is 111 Å². The smallest absolute Gasteiger partial charge is 0.0175 e. The van der Waals surface area contributed by atoms with Crippen LogP contribution in [0.1, 0.15) is 27.8 Å². The largest absolute Gasteiger partial charge is 0.0622 e. The van der Waals surface area contributed by atoms with Crippen LogP contribution in [0.15, 0.2) is 97.1 Å². The van der Waals surface area contributed by atoms with E-state index in [0.29, 0.717) is 0 Å². The minimum absolute atomic E-state index is 1.25. The molecular formula is C32H25P. The molecule has 0 fully saturated rings. The SMILES string of the molecule is Cc1cc(C)c(P=C(c2ccccc2)c2ccc3ccc4cccc5ccc2c3c45)c(C)c1. The van der Waals surface area contributed by atoms with E-state index in [1.807, 2.05) is 0 Å². The Morgan fingerprint density at radius 3 is 1.88 bits per heavy atom. The van der Waals surface area contributed by atoms with Crippen LogP contribution in [-0.2, 0) is 0 Å². The first-order valence-electron chi connectivity index (χ1n) is 11.5. The van der Waals surface area contributed by atoms with Gasteiger partial charge in [-0.15, -0.1) is 0 Å². The van der Waals surface area contributed by atoms with Crippen molar-refractivity contribution in [1.82, 2.24) is 0 Å². The lowest BCUT2D eigenvalue weighted by Crippen LogP contribution is -2.09. The van der Waals surface area contributed by atoms with Gasteiger partial charge in [0.25, 0.3) is 0 Å². The number of aryl methyl sites for hydroxylation is 3. The first kappa shape index (κ1) is 20.2. The van der Waals surface area contributed by atoms with Gasteiger partial charge in [-0.05, 0) is 75.3 Å². The molecule has 0 heterocycles. The van der Waals surface area contributed by atoms with Gasteiger partial charge in [-0.25, -0.2) is 0 Å². The topological polar surface area (TPSA) is 0 Å². The predicted molar refractivity (Wildman–Crippen MR) is 147 cm³/mol. The molecule has 0 bridgehead atoms. The molecular weight excluding hydrogens is 415 g/mol. The van der Waals surface area contributed by atoms with Crippen LogP contribution in [0.3, 0.4) is 0 Å². The van der Waals surface area contributed by atoms with Crippen LogP contribution in [0, 0.1) is 20.8 Å². The zero-order chi connectivity index (χ0) is 22.5. The molecule has 0 amide bonds. The van der Waals surface area contributed by atoms with Crippen LogP contribution in [0.2, 0.25) is 0 Å². The quantitative estimate of drug-likeness (QED) is 0.192. The third-order valence-electron chi connectivity index (χ3n) is 6.69. The molecule has 0 aromatic heterocycles. The Hall–Kier alpha value is -3.47. The van der Waals surface area contributed by atoms with E-state index in [-0.39, 0.29) is 0 Å². The highest BCUT2D eigenvalue weighted by atomic mass is 31.1. The Balaban J connectivity index is 1.71. The summed E-state index contributed by atoms with van der Waals surface area (Å²) in [5, 5.41) is 10.8. The fraction of sp³-hybridized carbons (Fsp3) is 0.0938. The highest BCUT2D eigenvalue weighted by Gasteiger charge is 2.15. The molecule has 0 saturated carbocycles. The number of rotatable bonds is 3. The van der Waals surface area contributed by atoms with Crippen LogP contribution in [-0.4, -0.2) is 5.29 Å². The molecule has 0 aliphatic heterocycles. The summed E-state index contributed by atoms with van der Waals surface area (Å²) in [7, 11) is 1.25. The number of hydrogen-bond donors (Lipinski definition) is 0. The van der Waals surface area contributed by atoms with E-state index >= 15 is 0 Å². The average molecular weight is 441 g/mol. The van der Waals surface area contributed by atoms with Gasteiger partial charge in [0, 0.05) is 10.6 Å². The third-order valence-corrected chi connectivity index (χ3v) is 8.34. The van der Waals surface area contributed by atoms with Gasteiger partial charge in [-0.3, -0.25) is 0 Å². The molecule has 0 saturated heterocycles. The number of hydrogen-bond acceptors (Lipinski definition) is 0.